The Labute approximate surface area is 158 Å². The molecule has 1 aromatic rings. The third-order valence-corrected chi connectivity index (χ3v) is 6.32. The minimum absolute atomic E-state index is 0.150. The van der Waals surface area contributed by atoms with Crippen LogP contribution in [-0.4, -0.2) is 63.9 Å². The number of likely N-dealkylation sites (tertiary alicyclic amines) is 2. The third-order valence-electron chi connectivity index (χ3n) is 6.32. The minimum Gasteiger partial charge on any atom is -0.387 e. The van der Waals surface area contributed by atoms with Gasteiger partial charge in [0.1, 0.15) is 11.4 Å². The first kappa shape index (κ1) is 17.1. The summed E-state index contributed by atoms with van der Waals surface area (Å²) in [5.41, 5.74) is -0.0959. The summed E-state index contributed by atoms with van der Waals surface area (Å²) < 4.78 is 14.5. The van der Waals surface area contributed by atoms with Gasteiger partial charge < -0.3 is 9.74 Å². The molecule has 3 fully saturated rings. The molecule has 0 unspecified atom stereocenters. The van der Waals surface area contributed by atoms with Crippen molar-refractivity contribution in [1.82, 2.24) is 14.8 Å². The van der Waals surface area contributed by atoms with Gasteiger partial charge in [0.25, 0.3) is 5.91 Å². The van der Waals surface area contributed by atoms with E-state index in [9.17, 15) is 9.18 Å². The second kappa shape index (κ2) is 6.26. The molecule has 1 amide bonds. The number of hydrogen-bond acceptors (Lipinski definition) is 5. The summed E-state index contributed by atoms with van der Waals surface area (Å²) in [7, 11) is 0. The maximum Gasteiger partial charge on any atom is 0.272 e. The first-order valence-corrected chi connectivity index (χ1v) is 9.91. The molecule has 144 valence electrons. The zero-order chi connectivity index (χ0) is 18.5. The second-order valence-corrected chi connectivity index (χ2v) is 8.59. The predicted molar refractivity (Wildman–Crippen MR) is 97.8 cm³/mol. The normalized spacial score (nSPS) is 30.0. The number of piperidine rings is 1. The second-order valence-electron chi connectivity index (χ2n) is 8.59. The smallest absolute Gasteiger partial charge is 0.272 e. The van der Waals surface area contributed by atoms with E-state index in [4.69, 9.17) is 4.84 Å². The Morgan fingerprint density at radius 1 is 1.30 bits per heavy atom. The molecule has 1 saturated carbocycles. The van der Waals surface area contributed by atoms with Crippen molar-refractivity contribution in [2.45, 2.75) is 49.9 Å². The molecule has 1 atom stereocenters. The standard InChI is InChI=1S/C20H25FN4O2/c21-20(15-5-6-15)13-25(14-20)18(26)17-10-19(27-23-17)7-3-9-24(12-19)11-16-4-1-2-8-22-16/h1-2,4,8,15H,3,5-7,9-14H2/t19-/m1/s1. The predicted octanol–water partition coefficient (Wildman–Crippen LogP) is 2.15. The van der Waals surface area contributed by atoms with Gasteiger partial charge in [-0.05, 0) is 50.3 Å². The molecule has 7 heteroatoms. The van der Waals surface area contributed by atoms with Crippen molar-refractivity contribution in [1.29, 1.82) is 0 Å². The molecule has 5 rings (SSSR count). The Morgan fingerprint density at radius 2 is 2.15 bits per heavy atom. The number of pyridine rings is 1. The summed E-state index contributed by atoms with van der Waals surface area (Å²) in [4.78, 5) is 26.8. The zero-order valence-electron chi connectivity index (χ0n) is 15.4. The molecule has 0 N–H and O–H groups in total. The van der Waals surface area contributed by atoms with Crippen LogP contribution < -0.4 is 0 Å². The Morgan fingerprint density at radius 3 is 2.89 bits per heavy atom. The van der Waals surface area contributed by atoms with E-state index < -0.39 is 11.3 Å². The molecule has 4 aliphatic rings. The van der Waals surface area contributed by atoms with Gasteiger partial charge in [0.05, 0.1) is 18.8 Å². The number of carbonyl (C=O) groups excluding carboxylic acids is 1. The highest BCUT2D eigenvalue weighted by Gasteiger charge is 2.56. The quantitative estimate of drug-likeness (QED) is 0.813. The fourth-order valence-corrected chi connectivity index (χ4v) is 4.67. The summed E-state index contributed by atoms with van der Waals surface area (Å²) in [5.74, 6) is 0.0100. The van der Waals surface area contributed by atoms with Crippen molar-refractivity contribution in [3.05, 3.63) is 30.1 Å². The van der Waals surface area contributed by atoms with Crippen molar-refractivity contribution >= 4 is 11.6 Å². The highest BCUT2D eigenvalue weighted by Crippen LogP contribution is 2.47. The molecular formula is C20H25FN4O2. The van der Waals surface area contributed by atoms with Crippen LogP contribution in [-0.2, 0) is 16.2 Å². The first-order chi connectivity index (χ1) is 13.1. The largest absolute Gasteiger partial charge is 0.387 e. The average molecular weight is 372 g/mol. The Bertz CT molecular complexity index is 761. The Hall–Kier alpha value is -2.02. The van der Waals surface area contributed by atoms with Gasteiger partial charge in [-0.1, -0.05) is 11.2 Å². The number of amides is 1. The van der Waals surface area contributed by atoms with Crippen LogP contribution >= 0.6 is 0 Å². The number of halogens is 1. The molecule has 3 aliphatic heterocycles. The van der Waals surface area contributed by atoms with Crippen molar-refractivity contribution in [3.8, 4) is 0 Å². The lowest BCUT2D eigenvalue weighted by Gasteiger charge is -2.44. The van der Waals surface area contributed by atoms with Gasteiger partial charge in [0.15, 0.2) is 5.60 Å². The van der Waals surface area contributed by atoms with Gasteiger partial charge in [0.2, 0.25) is 0 Å². The van der Waals surface area contributed by atoms with E-state index in [-0.39, 0.29) is 24.9 Å². The summed E-state index contributed by atoms with van der Waals surface area (Å²) in [6.07, 6.45) is 6.13. The molecule has 2 saturated heterocycles. The van der Waals surface area contributed by atoms with Crippen LogP contribution in [0.4, 0.5) is 4.39 Å². The molecule has 1 aromatic heterocycles. The Kier molecular flexibility index (Phi) is 3.96. The van der Waals surface area contributed by atoms with Gasteiger partial charge >= 0.3 is 0 Å². The number of nitrogens with zero attached hydrogens (tertiary/aromatic N) is 4. The summed E-state index contributed by atoms with van der Waals surface area (Å²) in [5, 5.41) is 4.13. The molecule has 6 nitrogen and oxygen atoms in total. The highest BCUT2D eigenvalue weighted by molar-refractivity contribution is 6.39. The minimum atomic E-state index is -1.16. The van der Waals surface area contributed by atoms with Crippen LogP contribution in [0.15, 0.2) is 29.6 Å². The molecule has 1 spiro atoms. The van der Waals surface area contributed by atoms with E-state index in [1.807, 2.05) is 18.2 Å². The molecule has 4 heterocycles. The number of carbonyl (C=O) groups is 1. The van der Waals surface area contributed by atoms with Crippen molar-refractivity contribution in [2.75, 3.05) is 26.2 Å². The van der Waals surface area contributed by atoms with E-state index >= 15 is 0 Å². The van der Waals surface area contributed by atoms with Crippen LogP contribution in [0.2, 0.25) is 0 Å². The fraction of sp³-hybridized carbons (Fsp3) is 0.650. The highest BCUT2D eigenvalue weighted by atomic mass is 19.1. The lowest BCUT2D eigenvalue weighted by molar-refractivity contribution is -0.139. The van der Waals surface area contributed by atoms with E-state index in [1.165, 1.54) is 0 Å². The van der Waals surface area contributed by atoms with Gasteiger partial charge in [-0.25, -0.2) is 4.39 Å². The monoisotopic (exact) mass is 372 g/mol. The third kappa shape index (κ3) is 3.22. The number of rotatable bonds is 4. The van der Waals surface area contributed by atoms with Crippen molar-refractivity contribution < 1.29 is 14.0 Å². The molecule has 27 heavy (non-hydrogen) atoms. The molecule has 1 aliphatic carbocycles. The molecule has 0 aromatic carbocycles. The SMILES string of the molecule is O=C(C1=NO[C@]2(CCCN(Cc3ccccn3)C2)C1)N1CC(F)(C2CC2)C1. The molecule has 0 bridgehead atoms. The van der Waals surface area contributed by atoms with Crippen molar-refractivity contribution in [3.63, 3.8) is 0 Å². The lowest BCUT2D eigenvalue weighted by atomic mass is 9.86. The zero-order valence-corrected chi connectivity index (χ0v) is 15.4. The summed E-state index contributed by atoms with van der Waals surface area (Å²) in [6, 6.07) is 5.93. The van der Waals surface area contributed by atoms with Crippen LogP contribution in [0.5, 0.6) is 0 Å². The maximum absolute atomic E-state index is 14.5. The van der Waals surface area contributed by atoms with Gasteiger partial charge in [-0.15, -0.1) is 0 Å². The topological polar surface area (TPSA) is 58.0 Å². The number of alkyl halides is 1. The summed E-state index contributed by atoms with van der Waals surface area (Å²) >= 11 is 0. The first-order valence-electron chi connectivity index (χ1n) is 9.91. The average Bonchev–Trinajstić information content (AvgIpc) is 3.43. The van der Waals surface area contributed by atoms with Gasteiger partial charge in [-0.3, -0.25) is 14.7 Å². The van der Waals surface area contributed by atoms with Gasteiger partial charge in [0, 0.05) is 25.7 Å². The lowest BCUT2D eigenvalue weighted by Crippen LogP contribution is -2.63. The van der Waals surface area contributed by atoms with E-state index in [0.29, 0.717) is 12.1 Å². The number of oxime groups is 1. The van der Waals surface area contributed by atoms with Crippen LogP contribution in [0.1, 0.15) is 37.8 Å². The summed E-state index contributed by atoms with van der Waals surface area (Å²) in [6.45, 7) is 2.93. The van der Waals surface area contributed by atoms with Crippen LogP contribution in [0.3, 0.4) is 0 Å². The van der Waals surface area contributed by atoms with E-state index in [1.54, 1.807) is 11.1 Å². The number of hydrogen-bond donors (Lipinski definition) is 0. The Balaban J connectivity index is 1.18. The fourth-order valence-electron chi connectivity index (χ4n) is 4.67. The van der Waals surface area contributed by atoms with Crippen LogP contribution in [0, 0.1) is 5.92 Å². The van der Waals surface area contributed by atoms with Crippen molar-refractivity contribution in [2.24, 2.45) is 11.1 Å². The number of aromatic nitrogens is 1. The molecule has 0 radical (unpaired) electrons. The van der Waals surface area contributed by atoms with E-state index in [0.717, 1.165) is 51.0 Å². The maximum atomic E-state index is 14.5. The van der Waals surface area contributed by atoms with Gasteiger partial charge in [-0.2, -0.15) is 0 Å². The molecular weight excluding hydrogens is 347 g/mol. The van der Waals surface area contributed by atoms with E-state index in [2.05, 4.69) is 15.0 Å². The van der Waals surface area contributed by atoms with Crippen LogP contribution in [0.25, 0.3) is 0 Å².